The topological polar surface area (TPSA) is 69.4 Å². The summed E-state index contributed by atoms with van der Waals surface area (Å²) >= 11 is 0. The molecule has 6 nitrogen and oxygen atoms in total. The van der Waals surface area contributed by atoms with Crippen LogP contribution in [0.15, 0.2) is 48.7 Å². The minimum Gasteiger partial charge on any atom is -0.507 e. The maximum Gasteiger partial charge on any atom is 0.147 e. The zero-order valence-corrected chi connectivity index (χ0v) is 20.2. The molecule has 3 aromatic rings. The number of fused-ring (bicyclic) bond motifs is 1. The monoisotopic (exact) mass is 439 g/mol. The average Bonchev–Trinajstić information content (AvgIpc) is 3.13. The highest BCUT2D eigenvalue weighted by Gasteiger charge is 2.23. The molecule has 0 saturated heterocycles. The SMILES string of the molecule is C=C[Si](C)(C)CCCOc1cc(COn2nc3ccccc3n2)c(O)c(C(C)(C)C)c1. The molecule has 0 amide bonds. The number of aromatic hydroxyl groups is 1. The number of hydrogen-bond acceptors (Lipinski definition) is 5. The Bertz CT molecular complexity index is 1020. The van der Waals surface area contributed by atoms with Crippen molar-refractivity contribution in [3.8, 4) is 11.5 Å². The van der Waals surface area contributed by atoms with E-state index in [-0.39, 0.29) is 17.8 Å². The van der Waals surface area contributed by atoms with Gasteiger partial charge in [0.2, 0.25) is 0 Å². The second-order valence-electron chi connectivity index (χ2n) is 9.59. The summed E-state index contributed by atoms with van der Waals surface area (Å²) in [6.45, 7) is 15.5. The van der Waals surface area contributed by atoms with Crippen molar-refractivity contribution in [3.63, 3.8) is 0 Å². The molecule has 3 rings (SSSR count). The van der Waals surface area contributed by atoms with Gasteiger partial charge in [-0.3, -0.25) is 0 Å². The summed E-state index contributed by atoms with van der Waals surface area (Å²) in [6, 6.07) is 12.5. The van der Waals surface area contributed by atoms with E-state index in [1.165, 1.54) is 4.96 Å². The summed E-state index contributed by atoms with van der Waals surface area (Å²) in [4.78, 5) is 6.94. The number of phenolic OH excluding ortho intramolecular Hbond substituents is 1. The van der Waals surface area contributed by atoms with Crippen LogP contribution in [0.25, 0.3) is 11.0 Å². The molecule has 0 aliphatic rings. The van der Waals surface area contributed by atoms with Gasteiger partial charge in [0.1, 0.15) is 29.1 Å². The molecule has 0 unspecified atom stereocenters. The van der Waals surface area contributed by atoms with Gasteiger partial charge in [-0.05, 0) is 41.1 Å². The van der Waals surface area contributed by atoms with Crippen molar-refractivity contribution in [2.45, 2.75) is 58.4 Å². The average molecular weight is 440 g/mol. The third kappa shape index (κ3) is 5.88. The Morgan fingerprint density at radius 2 is 1.77 bits per heavy atom. The van der Waals surface area contributed by atoms with E-state index in [1.54, 1.807) is 0 Å². The van der Waals surface area contributed by atoms with Gasteiger partial charge in [-0.15, -0.1) is 22.5 Å². The van der Waals surface area contributed by atoms with Crippen molar-refractivity contribution in [3.05, 3.63) is 59.8 Å². The Kier molecular flexibility index (Phi) is 6.74. The van der Waals surface area contributed by atoms with Crippen LogP contribution in [0.2, 0.25) is 19.1 Å². The second kappa shape index (κ2) is 9.14. The minimum atomic E-state index is -1.33. The van der Waals surface area contributed by atoms with Crippen LogP contribution in [-0.4, -0.2) is 34.9 Å². The van der Waals surface area contributed by atoms with Gasteiger partial charge in [0.15, 0.2) is 0 Å². The summed E-state index contributed by atoms with van der Waals surface area (Å²) in [5.41, 5.74) is 4.85. The Morgan fingerprint density at radius 1 is 1.13 bits per heavy atom. The second-order valence-corrected chi connectivity index (χ2v) is 14.5. The molecule has 1 N–H and O–H groups in total. The Morgan fingerprint density at radius 3 is 2.35 bits per heavy atom. The van der Waals surface area contributed by atoms with Gasteiger partial charge in [0.05, 0.1) is 14.7 Å². The Hall–Kier alpha value is -2.80. The highest BCUT2D eigenvalue weighted by atomic mass is 28.3. The Balaban J connectivity index is 1.76. The minimum absolute atomic E-state index is 0.128. The summed E-state index contributed by atoms with van der Waals surface area (Å²) in [5.74, 6) is 0.953. The number of nitrogens with zero attached hydrogens (tertiary/aromatic N) is 3. The van der Waals surface area contributed by atoms with E-state index in [0.717, 1.165) is 34.8 Å². The zero-order chi connectivity index (χ0) is 22.6. The van der Waals surface area contributed by atoms with E-state index in [9.17, 15) is 5.11 Å². The lowest BCUT2D eigenvalue weighted by Crippen LogP contribution is -2.22. The smallest absolute Gasteiger partial charge is 0.147 e. The van der Waals surface area contributed by atoms with E-state index in [2.05, 4.69) is 56.3 Å². The van der Waals surface area contributed by atoms with Crippen LogP contribution in [0.1, 0.15) is 38.3 Å². The molecule has 0 atom stereocenters. The maximum atomic E-state index is 10.9. The molecule has 31 heavy (non-hydrogen) atoms. The van der Waals surface area contributed by atoms with E-state index < -0.39 is 8.07 Å². The molecule has 0 aliphatic heterocycles. The molecule has 0 saturated carbocycles. The van der Waals surface area contributed by atoms with Gasteiger partial charge in [-0.25, -0.2) is 0 Å². The van der Waals surface area contributed by atoms with Gasteiger partial charge in [-0.1, -0.05) is 52.0 Å². The number of phenols is 1. The van der Waals surface area contributed by atoms with Crippen molar-refractivity contribution in [1.29, 1.82) is 0 Å². The first-order valence-corrected chi connectivity index (χ1v) is 14.0. The molecular formula is C24H33N3O3Si. The van der Waals surface area contributed by atoms with E-state index >= 15 is 0 Å². The molecule has 0 spiro atoms. The van der Waals surface area contributed by atoms with Crippen LogP contribution < -0.4 is 9.57 Å². The summed E-state index contributed by atoms with van der Waals surface area (Å²) in [5, 5.41) is 19.5. The number of hydrogen-bond donors (Lipinski definition) is 1. The number of ether oxygens (including phenoxy) is 1. The quantitative estimate of drug-likeness (QED) is 0.363. The molecule has 7 heteroatoms. The largest absolute Gasteiger partial charge is 0.507 e. The van der Waals surface area contributed by atoms with Gasteiger partial charge in [-0.2, -0.15) is 0 Å². The first-order valence-electron chi connectivity index (χ1n) is 10.7. The van der Waals surface area contributed by atoms with Crippen LogP contribution in [0, 0.1) is 0 Å². The molecule has 0 aliphatic carbocycles. The fraction of sp³-hybridized carbons (Fsp3) is 0.417. The molecule has 0 fully saturated rings. The third-order valence-electron chi connectivity index (χ3n) is 5.36. The fourth-order valence-corrected chi connectivity index (χ4v) is 4.53. The van der Waals surface area contributed by atoms with Crippen molar-refractivity contribution in [2.24, 2.45) is 0 Å². The molecule has 1 aromatic heterocycles. The lowest BCUT2D eigenvalue weighted by molar-refractivity contribution is 0.0424. The number of benzene rings is 2. The van der Waals surface area contributed by atoms with Crippen molar-refractivity contribution >= 4 is 19.1 Å². The first-order chi connectivity index (χ1) is 14.6. The van der Waals surface area contributed by atoms with Crippen LogP contribution >= 0.6 is 0 Å². The standard InChI is InChI=1S/C24H33N3O3Si/c1-7-31(5,6)14-10-13-29-19-15-18(23(28)20(16-19)24(2,3)4)17-30-27-25-21-11-8-9-12-22(21)26-27/h7-9,11-12,15-16,28H,1,10,13-14,17H2,2-6H3. The normalized spacial score (nSPS) is 12.2. The van der Waals surface area contributed by atoms with Crippen molar-refractivity contribution in [2.75, 3.05) is 6.61 Å². The van der Waals surface area contributed by atoms with Crippen LogP contribution in [-0.2, 0) is 12.0 Å². The molecule has 166 valence electrons. The van der Waals surface area contributed by atoms with Crippen molar-refractivity contribution in [1.82, 2.24) is 15.2 Å². The van der Waals surface area contributed by atoms with Gasteiger partial charge in [0, 0.05) is 11.1 Å². The maximum absolute atomic E-state index is 10.9. The fourth-order valence-electron chi connectivity index (χ4n) is 3.28. The molecule has 0 radical (unpaired) electrons. The van der Waals surface area contributed by atoms with E-state index in [4.69, 9.17) is 9.57 Å². The van der Waals surface area contributed by atoms with Crippen molar-refractivity contribution < 1.29 is 14.7 Å². The molecule has 0 bridgehead atoms. The highest BCUT2D eigenvalue weighted by Crippen LogP contribution is 2.37. The highest BCUT2D eigenvalue weighted by molar-refractivity contribution is 6.82. The van der Waals surface area contributed by atoms with E-state index in [0.29, 0.717) is 12.2 Å². The summed E-state index contributed by atoms with van der Waals surface area (Å²) < 4.78 is 6.06. The first kappa shape index (κ1) is 22.9. The van der Waals surface area contributed by atoms with Crippen LogP contribution in [0.4, 0.5) is 0 Å². The summed E-state index contributed by atoms with van der Waals surface area (Å²) in [6.07, 6.45) is 0.979. The lowest BCUT2D eigenvalue weighted by atomic mass is 9.85. The van der Waals surface area contributed by atoms with Crippen LogP contribution in [0.5, 0.6) is 11.5 Å². The number of aromatic nitrogens is 3. The van der Waals surface area contributed by atoms with E-state index in [1.807, 2.05) is 36.4 Å². The molecular weight excluding hydrogens is 406 g/mol. The summed E-state index contributed by atoms with van der Waals surface area (Å²) in [7, 11) is -1.33. The lowest BCUT2D eigenvalue weighted by Gasteiger charge is -2.23. The third-order valence-corrected chi connectivity index (χ3v) is 8.11. The molecule has 1 heterocycles. The van der Waals surface area contributed by atoms with Gasteiger partial charge >= 0.3 is 0 Å². The molecule has 2 aromatic carbocycles. The predicted octanol–water partition coefficient (Wildman–Crippen LogP) is 5.27. The van der Waals surface area contributed by atoms with Crippen LogP contribution in [0.3, 0.4) is 0 Å². The van der Waals surface area contributed by atoms with Gasteiger partial charge < -0.3 is 14.7 Å². The predicted molar refractivity (Wildman–Crippen MR) is 127 cm³/mol. The zero-order valence-electron chi connectivity index (χ0n) is 19.2. The van der Waals surface area contributed by atoms with Gasteiger partial charge in [0.25, 0.3) is 0 Å². The Labute approximate surface area is 185 Å². The number of rotatable bonds is 9.